The van der Waals surface area contributed by atoms with Gasteiger partial charge in [0.2, 0.25) is 5.91 Å². The summed E-state index contributed by atoms with van der Waals surface area (Å²) in [4.78, 5) is 14.8. The molecule has 17 heavy (non-hydrogen) atoms. The molecule has 3 N–H and O–H groups in total. The number of nitrogens with one attached hydrogen (secondary N) is 1. The largest absolute Gasteiger partial charge is 0.370 e. The summed E-state index contributed by atoms with van der Waals surface area (Å²) in [5, 5.41) is 3.37. The van der Waals surface area contributed by atoms with Gasteiger partial charge in [0.05, 0.1) is 18.3 Å². The number of nitrogens with zero attached hydrogens (tertiary/aromatic N) is 1. The molecular weight excluding hydrogens is 218 g/mol. The van der Waals surface area contributed by atoms with Crippen molar-refractivity contribution in [3.05, 3.63) is 29.6 Å². The van der Waals surface area contributed by atoms with Crippen LogP contribution in [-0.2, 0) is 16.0 Å². The van der Waals surface area contributed by atoms with Gasteiger partial charge in [-0.15, -0.1) is 0 Å². The first-order valence-corrected chi connectivity index (χ1v) is 5.80. The number of carbonyl (C=O) groups is 1. The van der Waals surface area contributed by atoms with Crippen molar-refractivity contribution >= 4 is 5.91 Å². The molecule has 0 aromatic carbocycles. The third kappa shape index (κ3) is 3.25. The summed E-state index contributed by atoms with van der Waals surface area (Å²) in [5.41, 5.74) is 7.43. The van der Waals surface area contributed by atoms with Crippen molar-refractivity contribution in [3.63, 3.8) is 0 Å². The Morgan fingerprint density at radius 3 is 3.35 bits per heavy atom. The van der Waals surface area contributed by atoms with E-state index < -0.39 is 5.91 Å². The molecule has 0 fully saturated rings. The highest BCUT2D eigenvalue weighted by Crippen LogP contribution is 2.28. The van der Waals surface area contributed by atoms with Gasteiger partial charge < -0.3 is 15.8 Å². The van der Waals surface area contributed by atoms with Crippen LogP contribution in [0.3, 0.4) is 0 Å². The van der Waals surface area contributed by atoms with Crippen LogP contribution in [0.1, 0.15) is 23.7 Å². The van der Waals surface area contributed by atoms with E-state index in [0.29, 0.717) is 19.2 Å². The first kappa shape index (κ1) is 12.0. The SMILES string of the molecule is NC(=O)COCCNC1CCc2cccnc21. The van der Waals surface area contributed by atoms with E-state index >= 15 is 0 Å². The quantitative estimate of drug-likeness (QED) is 0.689. The number of aromatic nitrogens is 1. The van der Waals surface area contributed by atoms with Gasteiger partial charge in [0.15, 0.2) is 0 Å². The fourth-order valence-corrected chi connectivity index (χ4v) is 2.09. The maximum absolute atomic E-state index is 10.4. The van der Waals surface area contributed by atoms with E-state index in [9.17, 15) is 4.79 Å². The van der Waals surface area contributed by atoms with E-state index in [2.05, 4.69) is 16.4 Å². The van der Waals surface area contributed by atoms with Gasteiger partial charge >= 0.3 is 0 Å². The molecule has 1 aliphatic carbocycles. The van der Waals surface area contributed by atoms with Gasteiger partial charge in [0.25, 0.3) is 0 Å². The lowest BCUT2D eigenvalue weighted by Gasteiger charge is -2.12. The van der Waals surface area contributed by atoms with Gasteiger partial charge in [-0.25, -0.2) is 0 Å². The molecule has 5 heteroatoms. The summed E-state index contributed by atoms with van der Waals surface area (Å²) >= 11 is 0. The monoisotopic (exact) mass is 235 g/mol. The van der Waals surface area contributed by atoms with Crippen molar-refractivity contribution in [1.82, 2.24) is 10.3 Å². The maximum atomic E-state index is 10.4. The number of fused-ring (bicyclic) bond motifs is 1. The van der Waals surface area contributed by atoms with Gasteiger partial charge in [0, 0.05) is 12.7 Å². The molecule has 0 aliphatic heterocycles. The lowest BCUT2D eigenvalue weighted by Crippen LogP contribution is -2.26. The molecule has 0 saturated heterocycles. The lowest BCUT2D eigenvalue weighted by molar-refractivity contribution is -0.122. The third-order valence-corrected chi connectivity index (χ3v) is 2.84. The van der Waals surface area contributed by atoms with Gasteiger partial charge in [-0.3, -0.25) is 9.78 Å². The molecule has 1 aromatic rings. The molecule has 92 valence electrons. The molecule has 1 atom stereocenters. The second-order valence-corrected chi connectivity index (χ2v) is 4.11. The summed E-state index contributed by atoms with van der Waals surface area (Å²) in [6.07, 6.45) is 3.97. The van der Waals surface area contributed by atoms with Crippen molar-refractivity contribution in [2.75, 3.05) is 19.8 Å². The summed E-state index contributed by atoms with van der Waals surface area (Å²) in [6, 6.07) is 4.40. The Bertz CT molecular complexity index is 395. The second-order valence-electron chi connectivity index (χ2n) is 4.11. The van der Waals surface area contributed by atoms with Crippen LogP contribution in [0.25, 0.3) is 0 Å². The minimum Gasteiger partial charge on any atom is -0.370 e. The number of amides is 1. The number of ether oxygens (including phenoxy) is 1. The number of hydrogen-bond donors (Lipinski definition) is 2. The molecule has 1 unspecified atom stereocenters. The summed E-state index contributed by atoms with van der Waals surface area (Å²) in [6.45, 7) is 1.18. The third-order valence-electron chi connectivity index (χ3n) is 2.84. The van der Waals surface area contributed by atoms with E-state index in [1.807, 2.05) is 12.3 Å². The molecule has 5 nitrogen and oxygen atoms in total. The zero-order valence-corrected chi connectivity index (χ0v) is 9.69. The highest BCUT2D eigenvalue weighted by Gasteiger charge is 2.22. The van der Waals surface area contributed by atoms with Crippen molar-refractivity contribution in [1.29, 1.82) is 0 Å². The fraction of sp³-hybridized carbons (Fsp3) is 0.500. The van der Waals surface area contributed by atoms with Gasteiger partial charge in [0.1, 0.15) is 6.61 Å². The van der Waals surface area contributed by atoms with E-state index in [1.54, 1.807) is 0 Å². The fourth-order valence-electron chi connectivity index (χ4n) is 2.09. The Morgan fingerprint density at radius 1 is 1.65 bits per heavy atom. The number of pyridine rings is 1. The van der Waals surface area contributed by atoms with Crippen LogP contribution in [0.5, 0.6) is 0 Å². The maximum Gasteiger partial charge on any atom is 0.243 e. The molecule has 2 rings (SSSR count). The number of primary amides is 1. The van der Waals surface area contributed by atoms with Crippen LogP contribution < -0.4 is 11.1 Å². The van der Waals surface area contributed by atoms with E-state index in [0.717, 1.165) is 18.5 Å². The minimum atomic E-state index is -0.433. The Morgan fingerprint density at radius 2 is 2.53 bits per heavy atom. The minimum absolute atomic E-state index is 0.0127. The number of carbonyl (C=O) groups excluding carboxylic acids is 1. The summed E-state index contributed by atoms with van der Waals surface area (Å²) < 4.78 is 5.09. The van der Waals surface area contributed by atoms with E-state index in [4.69, 9.17) is 10.5 Å². The molecule has 1 heterocycles. The lowest BCUT2D eigenvalue weighted by atomic mass is 10.2. The summed E-state index contributed by atoms with van der Waals surface area (Å²) in [7, 11) is 0. The number of hydrogen-bond acceptors (Lipinski definition) is 4. The van der Waals surface area contributed by atoms with Crippen LogP contribution in [0.2, 0.25) is 0 Å². The zero-order valence-electron chi connectivity index (χ0n) is 9.69. The molecule has 1 amide bonds. The molecular formula is C12H17N3O2. The highest BCUT2D eigenvalue weighted by molar-refractivity contribution is 5.74. The number of rotatable bonds is 6. The Labute approximate surface area is 100 Å². The van der Waals surface area contributed by atoms with Gasteiger partial charge in [-0.2, -0.15) is 0 Å². The van der Waals surface area contributed by atoms with Crippen LogP contribution in [0.15, 0.2) is 18.3 Å². The zero-order chi connectivity index (χ0) is 12.1. The first-order valence-electron chi connectivity index (χ1n) is 5.80. The number of aryl methyl sites for hydroxylation is 1. The molecule has 1 aromatic heterocycles. The Balaban J connectivity index is 1.73. The van der Waals surface area contributed by atoms with Crippen LogP contribution >= 0.6 is 0 Å². The van der Waals surface area contributed by atoms with Gasteiger partial charge in [-0.05, 0) is 24.5 Å². The van der Waals surface area contributed by atoms with Crippen molar-refractivity contribution in [2.24, 2.45) is 5.73 Å². The Kier molecular flexibility index (Phi) is 4.06. The number of nitrogens with two attached hydrogens (primary N) is 1. The van der Waals surface area contributed by atoms with Gasteiger partial charge in [-0.1, -0.05) is 6.07 Å². The Hall–Kier alpha value is -1.46. The predicted molar refractivity (Wildman–Crippen MR) is 63.3 cm³/mol. The average molecular weight is 235 g/mol. The highest BCUT2D eigenvalue weighted by atomic mass is 16.5. The van der Waals surface area contributed by atoms with E-state index in [1.165, 1.54) is 5.56 Å². The van der Waals surface area contributed by atoms with Crippen molar-refractivity contribution < 1.29 is 9.53 Å². The summed E-state index contributed by atoms with van der Waals surface area (Å²) in [5.74, 6) is -0.433. The molecule has 0 saturated carbocycles. The van der Waals surface area contributed by atoms with Crippen LogP contribution in [0.4, 0.5) is 0 Å². The standard InChI is InChI=1S/C12H17N3O2/c13-11(16)8-17-7-6-14-10-4-3-9-2-1-5-15-12(9)10/h1-2,5,10,14H,3-4,6-8H2,(H2,13,16). The second kappa shape index (κ2) is 5.75. The molecule has 1 aliphatic rings. The van der Waals surface area contributed by atoms with Crippen LogP contribution in [-0.4, -0.2) is 30.6 Å². The molecule has 0 radical (unpaired) electrons. The first-order chi connectivity index (χ1) is 8.27. The van der Waals surface area contributed by atoms with Crippen molar-refractivity contribution in [3.8, 4) is 0 Å². The topological polar surface area (TPSA) is 77.2 Å². The van der Waals surface area contributed by atoms with E-state index in [-0.39, 0.29) is 6.61 Å². The predicted octanol–water partition coefficient (Wildman–Crippen LogP) is 0.160. The molecule has 0 spiro atoms. The smallest absolute Gasteiger partial charge is 0.243 e. The van der Waals surface area contributed by atoms with Crippen molar-refractivity contribution in [2.45, 2.75) is 18.9 Å². The average Bonchev–Trinajstić information content (AvgIpc) is 2.72. The van der Waals surface area contributed by atoms with Crippen LogP contribution in [0, 0.1) is 0 Å². The normalized spacial score (nSPS) is 18.0. The molecule has 0 bridgehead atoms.